The molecule has 0 amide bonds. The zero-order valence-corrected chi connectivity index (χ0v) is 11.6. The van der Waals surface area contributed by atoms with E-state index in [1.807, 2.05) is 24.3 Å². The van der Waals surface area contributed by atoms with Crippen LogP contribution in [0.2, 0.25) is 0 Å². The molecule has 1 rings (SSSR count). The molecule has 4 nitrogen and oxygen atoms in total. The monoisotopic (exact) mass is 265 g/mol. The Morgan fingerprint density at radius 1 is 1.16 bits per heavy atom. The maximum Gasteiger partial charge on any atom is 0.166 e. The van der Waals surface area contributed by atoms with Gasteiger partial charge in [-0.1, -0.05) is 18.6 Å². The standard InChI is InChI=1S/C15H23NO3/c1-18-11-12-19-15-9-5-4-7-13(15)14(17)8-3-2-6-10-16/h4-5,7,9H,2-3,6,8,10-12,16H2,1H3. The number of rotatable bonds is 10. The molecule has 2 N–H and O–H groups in total. The summed E-state index contributed by atoms with van der Waals surface area (Å²) in [5.74, 6) is 0.772. The smallest absolute Gasteiger partial charge is 0.166 e. The number of carbonyl (C=O) groups excluding carboxylic acids is 1. The van der Waals surface area contributed by atoms with Gasteiger partial charge in [0.1, 0.15) is 12.4 Å². The number of ketones is 1. The fourth-order valence-electron chi connectivity index (χ4n) is 1.80. The largest absolute Gasteiger partial charge is 0.490 e. The van der Waals surface area contributed by atoms with Crippen LogP contribution in [0.25, 0.3) is 0 Å². The van der Waals surface area contributed by atoms with E-state index in [-0.39, 0.29) is 5.78 Å². The summed E-state index contributed by atoms with van der Waals surface area (Å²) in [5.41, 5.74) is 6.09. The molecule has 0 atom stereocenters. The van der Waals surface area contributed by atoms with Crippen molar-refractivity contribution in [3.8, 4) is 5.75 Å². The number of nitrogens with two attached hydrogens (primary N) is 1. The van der Waals surface area contributed by atoms with Gasteiger partial charge in [-0.05, 0) is 31.5 Å². The molecule has 0 aliphatic rings. The van der Waals surface area contributed by atoms with E-state index in [9.17, 15) is 4.79 Å². The molecule has 0 radical (unpaired) electrons. The van der Waals surface area contributed by atoms with E-state index in [1.54, 1.807) is 7.11 Å². The molecule has 0 heterocycles. The highest BCUT2D eigenvalue weighted by atomic mass is 16.5. The van der Waals surface area contributed by atoms with Crippen molar-refractivity contribution in [3.05, 3.63) is 29.8 Å². The minimum Gasteiger partial charge on any atom is -0.490 e. The van der Waals surface area contributed by atoms with Crippen LogP contribution in [0.3, 0.4) is 0 Å². The van der Waals surface area contributed by atoms with Crippen LogP contribution in [0.15, 0.2) is 24.3 Å². The van der Waals surface area contributed by atoms with Crippen molar-refractivity contribution in [1.82, 2.24) is 0 Å². The number of hydrogen-bond donors (Lipinski definition) is 1. The average Bonchev–Trinajstić information content (AvgIpc) is 2.44. The molecule has 1 aromatic rings. The lowest BCUT2D eigenvalue weighted by molar-refractivity contribution is 0.0971. The third-order valence-corrected chi connectivity index (χ3v) is 2.84. The number of benzene rings is 1. The summed E-state index contributed by atoms with van der Waals surface area (Å²) in [6.07, 6.45) is 3.39. The van der Waals surface area contributed by atoms with Crippen molar-refractivity contribution in [2.75, 3.05) is 26.9 Å². The van der Waals surface area contributed by atoms with Gasteiger partial charge in [0.2, 0.25) is 0 Å². The van der Waals surface area contributed by atoms with Gasteiger partial charge < -0.3 is 15.2 Å². The molecule has 0 aliphatic heterocycles. The molecule has 0 saturated carbocycles. The van der Waals surface area contributed by atoms with Gasteiger partial charge in [0, 0.05) is 13.5 Å². The highest BCUT2D eigenvalue weighted by molar-refractivity contribution is 5.98. The quantitative estimate of drug-likeness (QED) is 0.521. The lowest BCUT2D eigenvalue weighted by Crippen LogP contribution is -2.08. The second-order valence-corrected chi connectivity index (χ2v) is 4.36. The van der Waals surface area contributed by atoms with E-state index >= 15 is 0 Å². The second kappa shape index (κ2) is 9.53. The number of ether oxygens (including phenoxy) is 2. The Morgan fingerprint density at radius 3 is 2.68 bits per heavy atom. The van der Waals surface area contributed by atoms with Gasteiger partial charge >= 0.3 is 0 Å². The zero-order valence-electron chi connectivity index (χ0n) is 11.6. The van der Waals surface area contributed by atoms with Crippen LogP contribution in [0.4, 0.5) is 0 Å². The van der Waals surface area contributed by atoms with Crippen LogP contribution in [0, 0.1) is 0 Å². The lowest BCUT2D eigenvalue weighted by atomic mass is 10.0. The van der Waals surface area contributed by atoms with E-state index in [0.29, 0.717) is 37.5 Å². The van der Waals surface area contributed by atoms with Crippen molar-refractivity contribution in [2.24, 2.45) is 5.73 Å². The first-order chi connectivity index (χ1) is 9.29. The third-order valence-electron chi connectivity index (χ3n) is 2.84. The van der Waals surface area contributed by atoms with Crippen molar-refractivity contribution < 1.29 is 14.3 Å². The van der Waals surface area contributed by atoms with Crippen LogP contribution >= 0.6 is 0 Å². The fourth-order valence-corrected chi connectivity index (χ4v) is 1.80. The molecule has 19 heavy (non-hydrogen) atoms. The minimum absolute atomic E-state index is 0.130. The molecular formula is C15H23NO3. The predicted octanol–water partition coefficient (Wildman–Crippen LogP) is 2.41. The Balaban J connectivity index is 2.52. The number of unbranched alkanes of at least 4 members (excludes halogenated alkanes) is 2. The first-order valence-electron chi connectivity index (χ1n) is 6.73. The maximum absolute atomic E-state index is 12.1. The van der Waals surface area contributed by atoms with Crippen molar-refractivity contribution >= 4 is 5.78 Å². The number of methoxy groups -OCH3 is 1. The van der Waals surface area contributed by atoms with Crippen LogP contribution in [-0.2, 0) is 4.74 Å². The summed E-state index contributed by atoms with van der Waals surface area (Å²) in [6.45, 7) is 1.65. The van der Waals surface area contributed by atoms with Gasteiger partial charge in [-0.15, -0.1) is 0 Å². The Hall–Kier alpha value is -1.39. The molecule has 0 saturated heterocycles. The van der Waals surface area contributed by atoms with E-state index in [1.165, 1.54) is 0 Å². The van der Waals surface area contributed by atoms with Gasteiger partial charge in [-0.2, -0.15) is 0 Å². The fraction of sp³-hybridized carbons (Fsp3) is 0.533. The molecule has 0 bridgehead atoms. The van der Waals surface area contributed by atoms with Crippen molar-refractivity contribution in [1.29, 1.82) is 0 Å². The number of hydrogen-bond acceptors (Lipinski definition) is 4. The van der Waals surface area contributed by atoms with E-state index in [0.717, 1.165) is 19.3 Å². The normalized spacial score (nSPS) is 10.4. The Bertz CT molecular complexity index is 379. The second-order valence-electron chi connectivity index (χ2n) is 4.36. The van der Waals surface area contributed by atoms with Crippen molar-refractivity contribution in [2.45, 2.75) is 25.7 Å². The van der Waals surface area contributed by atoms with Crippen LogP contribution in [0.5, 0.6) is 5.75 Å². The van der Waals surface area contributed by atoms with Crippen LogP contribution in [-0.4, -0.2) is 32.7 Å². The summed E-state index contributed by atoms with van der Waals surface area (Å²) in [4.78, 5) is 12.1. The van der Waals surface area contributed by atoms with Gasteiger partial charge in [-0.3, -0.25) is 4.79 Å². The van der Waals surface area contributed by atoms with Crippen LogP contribution in [0.1, 0.15) is 36.0 Å². The average molecular weight is 265 g/mol. The van der Waals surface area contributed by atoms with E-state index in [4.69, 9.17) is 15.2 Å². The minimum atomic E-state index is 0.130. The Kier molecular flexibility index (Phi) is 7.86. The number of para-hydroxylation sites is 1. The lowest BCUT2D eigenvalue weighted by Gasteiger charge is -2.10. The van der Waals surface area contributed by atoms with Gasteiger partial charge in [-0.25, -0.2) is 0 Å². The first-order valence-corrected chi connectivity index (χ1v) is 6.73. The Morgan fingerprint density at radius 2 is 1.95 bits per heavy atom. The predicted molar refractivity (Wildman–Crippen MR) is 75.7 cm³/mol. The van der Waals surface area contributed by atoms with Crippen LogP contribution < -0.4 is 10.5 Å². The summed E-state index contributed by atoms with van der Waals surface area (Å²) < 4.78 is 10.5. The SMILES string of the molecule is COCCOc1ccccc1C(=O)CCCCCN. The maximum atomic E-state index is 12.1. The van der Waals surface area contributed by atoms with Gasteiger partial charge in [0.05, 0.1) is 12.2 Å². The molecule has 4 heteroatoms. The van der Waals surface area contributed by atoms with Gasteiger partial charge in [0.15, 0.2) is 5.78 Å². The Labute approximate surface area is 114 Å². The van der Waals surface area contributed by atoms with E-state index in [2.05, 4.69) is 0 Å². The summed E-state index contributed by atoms with van der Waals surface area (Å²) in [5, 5.41) is 0. The zero-order chi connectivity index (χ0) is 13.9. The molecule has 0 aliphatic carbocycles. The molecule has 0 unspecified atom stereocenters. The molecular weight excluding hydrogens is 242 g/mol. The van der Waals surface area contributed by atoms with Crippen molar-refractivity contribution in [3.63, 3.8) is 0 Å². The molecule has 0 aromatic heterocycles. The number of carbonyl (C=O) groups is 1. The third kappa shape index (κ3) is 5.85. The molecule has 106 valence electrons. The summed E-state index contributed by atoms with van der Waals surface area (Å²) >= 11 is 0. The summed E-state index contributed by atoms with van der Waals surface area (Å²) in [6, 6.07) is 7.36. The highest BCUT2D eigenvalue weighted by Crippen LogP contribution is 2.20. The highest BCUT2D eigenvalue weighted by Gasteiger charge is 2.11. The summed E-state index contributed by atoms with van der Waals surface area (Å²) in [7, 11) is 1.62. The first kappa shape index (κ1) is 15.7. The van der Waals surface area contributed by atoms with Gasteiger partial charge in [0.25, 0.3) is 0 Å². The topological polar surface area (TPSA) is 61.5 Å². The molecule has 1 aromatic carbocycles. The number of Topliss-reactive ketones (excluding diaryl/α,β-unsaturated/α-hetero) is 1. The van der Waals surface area contributed by atoms with E-state index < -0.39 is 0 Å². The molecule has 0 spiro atoms. The molecule has 0 fully saturated rings.